The Morgan fingerprint density at radius 2 is 2.22 bits per heavy atom. The molecule has 0 saturated heterocycles. The zero-order chi connectivity index (χ0) is 16.6. The van der Waals surface area contributed by atoms with Gasteiger partial charge < -0.3 is 4.42 Å². The van der Waals surface area contributed by atoms with Crippen LogP contribution in [0.25, 0.3) is 0 Å². The van der Waals surface area contributed by atoms with Crippen LogP contribution in [0.15, 0.2) is 27.9 Å². The zero-order valence-corrected chi connectivity index (χ0v) is 13.1. The van der Waals surface area contributed by atoms with Crippen LogP contribution in [0, 0.1) is 10.1 Å². The molecule has 10 heteroatoms. The molecule has 0 N–H and O–H groups in total. The molecular formula is C13H14N4O5S. The molecule has 122 valence electrons. The summed E-state index contributed by atoms with van der Waals surface area (Å²) in [6.07, 6.45) is 3.19. The van der Waals surface area contributed by atoms with Crippen molar-refractivity contribution in [1.82, 2.24) is 14.9 Å². The van der Waals surface area contributed by atoms with Gasteiger partial charge in [0.15, 0.2) is 0 Å². The summed E-state index contributed by atoms with van der Waals surface area (Å²) < 4.78 is 28.1. The maximum absolute atomic E-state index is 11.5. The number of hydrogen-bond donors (Lipinski definition) is 0. The molecule has 0 amide bonds. The molecule has 1 aliphatic rings. The Bertz CT molecular complexity index is 861. The quantitative estimate of drug-likeness (QED) is 0.459. The van der Waals surface area contributed by atoms with Crippen LogP contribution in [0.3, 0.4) is 0 Å². The maximum atomic E-state index is 11.5. The molecule has 3 heterocycles. The van der Waals surface area contributed by atoms with E-state index in [0.29, 0.717) is 31.8 Å². The van der Waals surface area contributed by atoms with Gasteiger partial charge in [0, 0.05) is 37.5 Å². The highest BCUT2D eigenvalue weighted by Gasteiger charge is 2.22. The van der Waals surface area contributed by atoms with Crippen LogP contribution >= 0.6 is 0 Å². The van der Waals surface area contributed by atoms with Crippen molar-refractivity contribution in [3.63, 3.8) is 0 Å². The molecule has 0 aromatic carbocycles. The average Bonchev–Trinajstić information content (AvgIpc) is 2.94. The minimum atomic E-state index is -3.42. The van der Waals surface area contributed by atoms with Crippen LogP contribution in [0.4, 0.5) is 5.88 Å². The van der Waals surface area contributed by atoms with E-state index < -0.39 is 14.8 Å². The summed E-state index contributed by atoms with van der Waals surface area (Å²) in [5.74, 6) is 0.229. The second-order valence-corrected chi connectivity index (χ2v) is 7.26. The van der Waals surface area contributed by atoms with Crippen molar-refractivity contribution in [2.24, 2.45) is 0 Å². The molecule has 9 nitrogen and oxygen atoms in total. The van der Waals surface area contributed by atoms with Gasteiger partial charge in [-0.1, -0.05) is 0 Å². The maximum Gasteiger partial charge on any atom is 0.433 e. The Morgan fingerprint density at radius 3 is 2.87 bits per heavy atom. The van der Waals surface area contributed by atoms with E-state index in [1.165, 1.54) is 12.3 Å². The molecule has 3 rings (SSSR count). The standard InChI is InChI=1S/C13H14N4O5S/c1-23(20,21)13-14-6-9-7-16(5-4-11(9)15-13)8-10-2-3-12(22-10)17(18)19/h2-3,6H,4-5,7-8H2,1H3. The van der Waals surface area contributed by atoms with Gasteiger partial charge in [0.2, 0.25) is 15.0 Å². The minimum absolute atomic E-state index is 0.161. The van der Waals surface area contributed by atoms with Crippen LogP contribution in [0.1, 0.15) is 17.0 Å². The fourth-order valence-corrected chi connectivity index (χ4v) is 2.96. The fraction of sp³-hybridized carbons (Fsp3) is 0.385. The third-order valence-corrected chi connectivity index (χ3v) is 4.39. The second-order valence-electron chi connectivity index (χ2n) is 5.35. The molecule has 2 aromatic rings. The summed E-state index contributed by atoms with van der Waals surface area (Å²) in [6, 6.07) is 2.91. The lowest BCUT2D eigenvalue weighted by atomic mass is 10.1. The van der Waals surface area contributed by atoms with Crippen LogP contribution in [-0.2, 0) is 29.3 Å². The van der Waals surface area contributed by atoms with Gasteiger partial charge in [0.25, 0.3) is 0 Å². The molecule has 0 aliphatic carbocycles. The first-order valence-electron chi connectivity index (χ1n) is 6.83. The van der Waals surface area contributed by atoms with Crippen molar-refractivity contribution in [1.29, 1.82) is 0 Å². The van der Waals surface area contributed by atoms with E-state index in [9.17, 15) is 18.5 Å². The molecule has 1 aliphatic heterocycles. The largest absolute Gasteiger partial charge is 0.433 e. The molecule has 0 spiro atoms. The van der Waals surface area contributed by atoms with Gasteiger partial charge in [0.05, 0.1) is 18.3 Å². The number of aromatic nitrogens is 2. The lowest BCUT2D eigenvalue weighted by molar-refractivity contribution is -0.402. The summed E-state index contributed by atoms with van der Waals surface area (Å²) in [4.78, 5) is 20.1. The van der Waals surface area contributed by atoms with Crippen LogP contribution in [0.2, 0.25) is 0 Å². The molecule has 0 bridgehead atoms. The Hall–Kier alpha value is -2.33. The van der Waals surface area contributed by atoms with E-state index in [-0.39, 0.29) is 11.0 Å². The number of nitrogens with zero attached hydrogens (tertiary/aromatic N) is 4. The highest BCUT2D eigenvalue weighted by Crippen LogP contribution is 2.22. The van der Waals surface area contributed by atoms with Crippen molar-refractivity contribution in [2.45, 2.75) is 24.7 Å². The second kappa shape index (κ2) is 5.70. The number of fused-ring (bicyclic) bond motifs is 1. The first-order chi connectivity index (χ1) is 10.8. The summed E-state index contributed by atoms with van der Waals surface area (Å²) >= 11 is 0. The van der Waals surface area contributed by atoms with E-state index >= 15 is 0 Å². The van der Waals surface area contributed by atoms with E-state index in [1.54, 1.807) is 6.07 Å². The highest BCUT2D eigenvalue weighted by atomic mass is 32.2. The van der Waals surface area contributed by atoms with Gasteiger partial charge in [-0.2, -0.15) is 0 Å². The van der Waals surface area contributed by atoms with Crippen molar-refractivity contribution < 1.29 is 17.8 Å². The van der Waals surface area contributed by atoms with Crippen molar-refractivity contribution in [2.75, 3.05) is 12.8 Å². The molecule has 0 radical (unpaired) electrons. The Balaban J connectivity index is 1.74. The average molecular weight is 338 g/mol. The van der Waals surface area contributed by atoms with Gasteiger partial charge in [-0.25, -0.2) is 18.4 Å². The Labute approximate surface area is 132 Å². The topological polar surface area (TPSA) is 119 Å². The normalized spacial score (nSPS) is 15.3. The van der Waals surface area contributed by atoms with E-state index in [0.717, 1.165) is 17.5 Å². The van der Waals surface area contributed by atoms with E-state index in [4.69, 9.17) is 4.42 Å². The first kappa shape index (κ1) is 15.6. The van der Waals surface area contributed by atoms with Gasteiger partial charge in [-0.15, -0.1) is 0 Å². The van der Waals surface area contributed by atoms with Gasteiger partial charge in [0.1, 0.15) is 10.7 Å². The third-order valence-electron chi connectivity index (χ3n) is 3.53. The highest BCUT2D eigenvalue weighted by molar-refractivity contribution is 7.90. The van der Waals surface area contributed by atoms with Gasteiger partial charge in [-0.3, -0.25) is 15.0 Å². The number of hydrogen-bond acceptors (Lipinski definition) is 8. The molecular weight excluding hydrogens is 324 g/mol. The number of rotatable bonds is 4. The zero-order valence-electron chi connectivity index (χ0n) is 12.3. The summed E-state index contributed by atoms with van der Waals surface area (Å²) in [6.45, 7) is 1.62. The Kier molecular flexibility index (Phi) is 3.86. The predicted molar refractivity (Wildman–Crippen MR) is 78.3 cm³/mol. The molecule has 0 unspecified atom stereocenters. The number of nitro groups is 1. The Morgan fingerprint density at radius 1 is 1.43 bits per heavy atom. The summed E-state index contributed by atoms with van der Waals surface area (Å²) in [5.41, 5.74) is 1.58. The lowest BCUT2D eigenvalue weighted by Crippen LogP contribution is -2.31. The summed E-state index contributed by atoms with van der Waals surface area (Å²) in [7, 11) is -3.42. The van der Waals surface area contributed by atoms with Crippen molar-refractivity contribution >= 4 is 15.7 Å². The first-order valence-corrected chi connectivity index (χ1v) is 8.72. The van der Waals surface area contributed by atoms with Crippen LogP contribution < -0.4 is 0 Å². The van der Waals surface area contributed by atoms with Crippen LogP contribution in [-0.4, -0.2) is 41.0 Å². The van der Waals surface area contributed by atoms with E-state index in [1.807, 2.05) is 4.90 Å². The molecule has 2 aromatic heterocycles. The van der Waals surface area contributed by atoms with Crippen LogP contribution in [0.5, 0.6) is 0 Å². The van der Waals surface area contributed by atoms with Gasteiger partial charge >= 0.3 is 5.88 Å². The molecule has 23 heavy (non-hydrogen) atoms. The molecule has 0 atom stereocenters. The summed E-state index contributed by atoms with van der Waals surface area (Å²) in [5, 5.41) is 10.5. The molecule has 0 fully saturated rings. The molecule has 0 saturated carbocycles. The number of sulfone groups is 1. The van der Waals surface area contributed by atoms with E-state index in [2.05, 4.69) is 9.97 Å². The fourth-order valence-electron chi connectivity index (χ4n) is 2.44. The van der Waals surface area contributed by atoms with Gasteiger partial charge in [-0.05, 0) is 6.07 Å². The smallest absolute Gasteiger partial charge is 0.404 e. The lowest BCUT2D eigenvalue weighted by Gasteiger charge is -2.26. The third kappa shape index (κ3) is 3.37. The van der Waals surface area contributed by atoms with Crippen molar-refractivity contribution in [3.05, 3.63) is 45.5 Å². The monoisotopic (exact) mass is 338 g/mol. The minimum Gasteiger partial charge on any atom is -0.404 e. The van der Waals surface area contributed by atoms with Crippen molar-refractivity contribution in [3.8, 4) is 0 Å². The predicted octanol–water partition coefficient (Wildman–Crippen LogP) is 0.940. The SMILES string of the molecule is CS(=O)(=O)c1ncc2c(n1)CCN(Cc1ccc([N+](=O)[O-])o1)C2. The number of furan rings is 1.